The van der Waals surface area contributed by atoms with Crippen LogP contribution in [0.4, 0.5) is 0 Å². The minimum Gasteiger partial charge on any atom is -0.331 e. The van der Waals surface area contributed by atoms with E-state index < -0.39 is 0 Å². The second-order valence-corrected chi connectivity index (χ2v) is 4.55. The summed E-state index contributed by atoms with van der Waals surface area (Å²) in [6, 6.07) is 5.41. The molecule has 2 rings (SSSR count). The molecule has 0 radical (unpaired) electrons. The van der Waals surface area contributed by atoms with Gasteiger partial charge in [0.1, 0.15) is 5.82 Å². The standard InChI is InChI=1S/C12H13Cl2N3/c13-9-2-3-10(11(14)8-9)12-16-5-7-17(12)6-1-4-15/h2-3,5,7-8H,1,4,6,15H2. The summed E-state index contributed by atoms with van der Waals surface area (Å²) in [6.45, 7) is 1.50. The fourth-order valence-electron chi connectivity index (χ4n) is 1.67. The number of halogens is 2. The van der Waals surface area contributed by atoms with Crippen LogP contribution in [0.1, 0.15) is 6.42 Å². The average molecular weight is 270 g/mol. The van der Waals surface area contributed by atoms with E-state index in [1.54, 1.807) is 12.3 Å². The van der Waals surface area contributed by atoms with Gasteiger partial charge in [0.2, 0.25) is 0 Å². The maximum Gasteiger partial charge on any atom is 0.141 e. The second-order valence-electron chi connectivity index (χ2n) is 3.71. The minimum absolute atomic E-state index is 0.609. The predicted octanol–water partition coefficient (Wildman–Crippen LogP) is 3.21. The van der Waals surface area contributed by atoms with Crippen LogP contribution >= 0.6 is 23.2 Å². The van der Waals surface area contributed by atoms with Crippen LogP contribution in [-0.4, -0.2) is 16.1 Å². The Morgan fingerprint density at radius 1 is 1.29 bits per heavy atom. The van der Waals surface area contributed by atoms with Crippen LogP contribution in [0, 0.1) is 0 Å². The van der Waals surface area contributed by atoms with Crippen LogP contribution in [0.3, 0.4) is 0 Å². The van der Waals surface area contributed by atoms with E-state index in [4.69, 9.17) is 28.9 Å². The molecule has 90 valence electrons. The summed E-state index contributed by atoms with van der Waals surface area (Å²) in [4.78, 5) is 4.32. The molecule has 2 aromatic rings. The summed E-state index contributed by atoms with van der Waals surface area (Å²) >= 11 is 12.0. The molecule has 1 aromatic carbocycles. The molecule has 17 heavy (non-hydrogen) atoms. The molecule has 0 fully saturated rings. The first-order valence-corrected chi connectivity index (χ1v) is 6.14. The van der Waals surface area contributed by atoms with Gasteiger partial charge in [-0.15, -0.1) is 0 Å². The Labute approximate surface area is 110 Å². The van der Waals surface area contributed by atoms with Crippen LogP contribution in [0.25, 0.3) is 11.4 Å². The molecule has 0 aliphatic carbocycles. The molecule has 0 spiro atoms. The Hall–Kier alpha value is -1.03. The molecule has 0 saturated carbocycles. The van der Waals surface area contributed by atoms with E-state index in [0.717, 1.165) is 24.4 Å². The number of hydrogen-bond acceptors (Lipinski definition) is 2. The van der Waals surface area contributed by atoms with Crippen molar-refractivity contribution in [3.8, 4) is 11.4 Å². The molecule has 0 atom stereocenters. The summed E-state index contributed by atoms with van der Waals surface area (Å²) in [7, 11) is 0. The summed E-state index contributed by atoms with van der Waals surface area (Å²) in [5.41, 5.74) is 6.39. The number of aryl methyl sites for hydroxylation is 1. The largest absolute Gasteiger partial charge is 0.331 e. The highest BCUT2D eigenvalue weighted by atomic mass is 35.5. The van der Waals surface area contributed by atoms with Gasteiger partial charge in [-0.3, -0.25) is 0 Å². The minimum atomic E-state index is 0.609. The highest BCUT2D eigenvalue weighted by molar-refractivity contribution is 6.36. The van der Waals surface area contributed by atoms with Crippen molar-refractivity contribution in [2.24, 2.45) is 5.73 Å². The predicted molar refractivity (Wildman–Crippen MR) is 71.4 cm³/mol. The van der Waals surface area contributed by atoms with Crippen LogP contribution in [0.5, 0.6) is 0 Å². The number of hydrogen-bond donors (Lipinski definition) is 1. The Morgan fingerprint density at radius 2 is 2.12 bits per heavy atom. The lowest BCUT2D eigenvalue weighted by Crippen LogP contribution is -2.06. The highest BCUT2D eigenvalue weighted by Crippen LogP contribution is 2.29. The van der Waals surface area contributed by atoms with E-state index >= 15 is 0 Å². The first-order valence-electron chi connectivity index (χ1n) is 5.39. The topological polar surface area (TPSA) is 43.8 Å². The molecule has 1 heterocycles. The maximum absolute atomic E-state index is 6.16. The summed E-state index contributed by atoms with van der Waals surface area (Å²) in [6.07, 6.45) is 4.60. The molecular formula is C12H13Cl2N3. The molecule has 1 aromatic heterocycles. The summed E-state index contributed by atoms with van der Waals surface area (Å²) in [5, 5.41) is 1.23. The summed E-state index contributed by atoms with van der Waals surface area (Å²) in [5.74, 6) is 0.847. The van der Waals surface area contributed by atoms with Crippen molar-refractivity contribution in [2.75, 3.05) is 6.54 Å². The third kappa shape index (κ3) is 2.80. The fraction of sp³-hybridized carbons (Fsp3) is 0.250. The average Bonchev–Trinajstić information content (AvgIpc) is 2.74. The number of rotatable bonds is 4. The van der Waals surface area contributed by atoms with Gasteiger partial charge in [0.25, 0.3) is 0 Å². The monoisotopic (exact) mass is 269 g/mol. The smallest absolute Gasteiger partial charge is 0.141 e. The summed E-state index contributed by atoms with van der Waals surface area (Å²) < 4.78 is 2.04. The quantitative estimate of drug-likeness (QED) is 0.927. The second kappa shape index (κ2) is 5.54. The van der Waals surface area contributed by atoms with Gasteiger partial charge in [0.05, 0.1) is 5.02 Å². The number of nitrogens with two attached hydrogens (primary N) is 1. The van der Waals surface area contributed by atoms with E-state index in [1.165, 1.54) is 0 Å². The van der Waals surface area contributed by atoms with Gasteiger partial charge in [0, 0.05) is 29.5 Å². The molecule has 2 N–H and O–H groups in total. The van der Waals surface area contributed by atoms with Crippen molar-refractivity contribution in [2.45, 2.75) is 13.0 Å². The zero-order chi connectivity index (χ0) is 12.3. The van der Waals surface area contributed by atoms with Crippen LogP contribution in [-0.2, 0) is 6.54 Å². The SMILES string of the molecule is NCCCn1ccnc1-c1ccc(Cl)cc1Cl. The lowest BCUT2D eigenvalue weighted by molar-refractivity contribution is 0.656. The Balaban J connectivity index is 2.35. The molecule has 0 unspecified atom stereocenters. The van der Waals surface area contributed by atoms with Crippen molar-refractivity contribution in [3.63, 3.8) is 0 Å². The van der Waals surface area contributed by atoms with Crippen LogP contribution in [0.15, 0.2) is 30.6 Å². The number of nitrogens with zero attached hydrogens (tertiary/aromatic N) is 2. The lowest BCUT2D eigenvalue weighted by atomic mass is 10.2. The number of benzene rings is 1. The third-order valence-corrected chi connectivity index (χ3v) is 3.04. The lowest BCUT2D eigenvalue weighted by Gasteiger charge is -2.08. The zero-order valence-electron chi connectivity index (χ0n) is 9.24. The highest BCUT2D eigenvalue weighted by Gasteiger charge is 2.09. The van der Waals surface area contributed by atoms with Gasteiger partial charge in [-0.1, -0.05) is 23.2 Å². The van der Waals surface area contributed by atoms with Gasteiger partial charge >= 0.3 is 0 Å². The molecular weight excluding hydrogens is 257 g/mol. The Morgan fingerprint density at radius 3 is 2.82 bits per heavy atom. The normalized spacial score (nSPS) is 10.8. The molecule has 0 saturated heterocycles. The molecule has 5 heteroatoms. The fourth-order valence-corrected chi connectivity index (χ4v) is 2.16. The Kier molecular flexibility index (Phi) is 4.05. The van der Waals surface area contributed by atoms with E-state index in [-0.39, 0.29) is 0 Å². The molecule has 0 bridgehead atoms. The molecule has 0 aliphatic rings. The number of imidazole rings is 1. The zero-order valence-corrected chi connectivity index (χ0v) is 10.7. The van der Waals surface area contributed by atoms with Crippen molar-refractivity contribution in [1.82, 2.24) is 9.55 Å². The van der Waals surface area contributed by atoms with Gasteiger partial charge in [-0.05, 0) is 31.2 Å². The van der Waals surface area contributed by atoms with Crippen molar-refractivity contribution in [1.29, 1.82) is 0 Å². The van der Waals surface area contributed by atoms with Gasteiger partial charge < -0.3 is 10.3 Å². The van der Waals surface area contributed by atoms with E-state index in [9.17, 15) is 0 Å². The molecule has 0 aliphatic heterocycles. The van der Waals surface area contributed by atoms with E-state index in [1.807, 2.05) is 22.9 Å². The van der Waals surface area contributed by atoms with E-state index in [0.29, 0.717) is 16.6 Å². The van der Waals surface area contributed by atoms with Crippen molar-refractivity contribution < 1.29 is 0 Å². The first kappa shape index (κ1) is 12.4. The van der Waals surface area contributed by atoms with Gasteiger partial charge in [-0.25, -0.2) is 4.98 Å². The van der Waals surface area contributed by atoms with Crippen LogP contribution < -0.4 is 5.73 Å². The Bertz CT molecular complexity index is 508. The van der Waals surface area contributed by atoms with Crippen molar-refractivity contribution >= 4 is 23.2 Å². The van der Waals surface area contributed by atoms with Gasteiger partial charge in [-0.2, -0.15) is 0 Å². The van der Waals surface area contributed by atoms with E-state index in [2.05, 4.69) is 4.98 Å². The first-order chi connectivity index (χ1) is 8.22. The van der Waals surface area contributed by atoms with Gasteiger partial charge in [0.15, 0.2) is 0 Å². The third-order valence-electron chi connectivity index (χ3n) is 2.49. The van der Waals surface area contributed by atoms with Crippen molar-refractivity contribution in [3.05, 3.63) is 40.6 Å². The molecule has 0 amide bonds. The van der Waals surface area contributed by atoms with Crippen LogP contribution in [0.2, 0.25) is 10.0 Å². The number of aromatic nitrogens is 2. The molecule has 3 nitrogen and oxygen atoms in total. The maximum atomic E-state index is 6.16.